The van der Waals surface area contributed by atoms with Gasteiger partial charge in [-0.2, -0.15) is 0 Å². The Morgan fingerprint density at radius 1 is 1.16 bits per heavy atom. The molecule has 0 aliphatic rings. The summed E-state index contributed by atoms with van der Waals surface area (Å²) in [5, 5.41) is 3.10. The molecule has 0 amide bonds. The van der Waals surface area contributed by atoms with Crippen molar-refractivity contribution in [3.63, 3.8) is 0 Å². The van der Waals surface area contributed by atoms with Gasteiger partial charge in [0, 0.05) is 12.7 Å². The number of benzene rings is 1. The van der Waals surface area contributed by atoms with Crippen LogP contribution in [0.5, 0.6) is 0 Å². The molecule has 100 valence electrons. The molecule has 0 saturated heterocycles. The summed E-state index contributed by atoms with van der Waals surface area (Å²) in [6, 6.07) is 14.3. The topological polar surface area (TPSA) is 34.1 Å². The van der Waals surface area contributed by atoms with E-state index in [-0.39, 0.29) is 6.10 Å². The molecule has 1 aromatic carbocycles. The fraction of sp³-hybridized carbons (Fsp3) is 0.312. The van der Waals surface area contributed by atoms with E-state index >= 15 is 0 Å². The minimum atomic E-state index is 0.0833. The summed E-state index contributed by atoms with van der Waals surface area (Å²) in [4.78, 5) is 4.40. The number of aromatic nitrogens is 1. The van der Waals surface area contributed by atoms with Crippen molar-refractivity contribution in [1.29, 1.82) is 0 Å². The molecule has 3 nitrogen and oxygen atoms in total. The second-order valence-electron chi connectivity index (χ2n) is 4.55. The first kappa shape index (κ1) is 13.7. The average molecular weight is 256 g/mol. The normalized spacial score (nSPS) is 12.3. The van der Waals surface area contributed by atoms with Crippen LogP contribution in [0.3, 0.4) is 0 Å². The Bertz CT molecular complexity index is 482. The first-order valence-corrected chi connectivity index (χ1v) is 6.54. The Labute approximate surface area is 114 Å². The van der Waals surface area contributed by atoms with Crippen molar-refractivity contribution >= 4 is 0 Å². The fourth-order valence-corrected chi connectivity index (χ4v) is 1.88. The summed E-state index contributed by atoms with van der Waals surface area (Å²) >= 11 is 0. The lowest BCUT2D eigenvalue weighted by atomic mass is 10.1. The summed E-state index contributed by atoms with van der Waals surface area (Å²) < 4.78 is 5.84. The van der Waals surface area contributed by atoms with Crippen LogP contribution in [0.15, 0.2) is 48.7 Å². The van der Waals surface area contributed by atoms with E-state index in [2.05, 4.69) is 35.4 Å². The van der Waals surface area contributed by atoms with Crippen LogP contribution < -0.4 is 5.32 Å². The first-order valence-electron chi connectivity index (χ1n) is 6.54. The second-order valence-corrected chi connectivity index (χ2v) is 4.55. The van der Waals surface area contributed by atoms with E-state index in [1.807, 2.05) is 37.5 Å². The monoisotopic (exact) mass is 256 g/mol. The third-order valence-electron chi connectivity index (χ3n) is 3.02. The highest BCUT2D eigenvalue weighted by atomic mass is 16.5. The van der Waals surface area contributed by atoms with Gasteiger partial charge in [0.1, 0.15) is 0 Å². The zero-order chi connectivity index (χ0) is 13.5. The van der Waals surface area contributed by atoms with E-state index in [1.54, 1.807) is 0 Å². The summed E-state index contributed by atoms with van der Waals surface area (Å²) in [5.74, 6) is 0. The van der Waals surface area contributed by atoms with Crippen molar-refractivity contribution in [3.05, 3.63) is 65.5 Å². The fourth-order valence-electron chi connectivity index (χ4n) is 1.88. The Kier molecular flexibility index (Phi) is 5.07. The molecule has 2 rings (SSSR count). The van der Waals surface area contributed by atoms with Crippen molar-refractivity contribution in [3.8, 4) is 0 Å². The van der Waals surface area contributed by atoms with Crippen LogP contribution in [0.1, 0.15) is 29.8 Å². The van der Waals surface area contributed by atoms with Crippen LogP contribution >= 0.6 is 0 Å². The van der Waals surface area contributed by atoms with Gasteiger partial charge >= 0.3 is 0 Å². The number of ether oxygens (including phenoxy) is 1. The number of hydrogen-bond donors (Lipinski definition) is 1. The molecule has 0 saturated carbocycles. The van der Waals surface area contributed by atoms with Gasteiger partial charge in [0.15, 0.2) is 0 Å². The van der Waals surface area contributed by atoms with Gasteiger partial charge in [-0.15, -0.1) is 0 Å². The van der Waals surface area contributed by atoms with Gasteiger partial charge in [-0.1, -0.05) is 36.4 Å². The number of nitrogens with zero attached hydrogens (tertiary/aromatic N) is 1. The molecule has 1 atom stereocenters. The van der Waals surface area contributed by atoms with Crippen molar-refractivity contribution in [2.75, 3.05) is 7.05 Å². The van der Waals surface area contributed by atoms with Gasteiger partial charge in [-0.3, -0.25) is 4.98 Å². The van der Waals surface area contributed by atoms with E-state index in [0.717, 1.165) is 12.2 Å². The van der Waals surface area contributed by atoms with Gasteiger partial charge in [0.2, 0.25) is 0 Å². The lowest BCUT2D eigenvalue weighted by Crippen LogP contribution is -2.06. The number of pyridine rings is 1. The molecule has 19 heavy (non-hydrogen) atoms. The minimum absolute atomic E-state index is 0.0833. The van der Waals surface area contributed by atoms with Gasteiger partial charge in [-0.05, 0) is 31.2 Å². The minimum Gasteiger partial charge on any atom is -0.368 e. The molecule has 1 heterocycles. The maximum atomic E-state index is 5.84. The largest absolute Gasteiger partial charge is 0.368 e. The Morgan fingerprint density at radius 2 is 1.95 bits per heavy atom. The van der Waals surface area contributed by atoms with Crippen LogP contribution in [0, 0.1) is 0 Å². The standard InChI is InChI=1S/C16H20N2O/c1-13(15-6-4-3-5-7-15)19-12-16-9-8-14(10-17-2)11-18-16/h3-9,11,13,17H,10,12H2,1-2H3. The highest BCUT2D eigenvalue weighted by Crippen LogP contribution is 2.17. The van der Waals surface area contributed by atoms with E-state index in [9.17, 15) is 0 Å². The predicted molar refractivity (Wildman–Crippen MR) is 76.6 cm³/mol. The lowest BCUT2D eigenvalue weighted by Gasteiger charge is -2.13. The number of nitrogens with one attached hydrogen (secondary N) is 1. The summed E-state index contributed by atoms with van der Waals surface area (Å²) in [7, 11) is 1.93. The molecule has 0 bridgehead atoms. The summed E-state index contributed by atoms with van der Waals surface area (Å²) in [6.45, 7) is 3.44. The van der Waals surface area contributed by atoms with Crippen LogP contribution in [0.4, 0.5) is 0 Å². The molecule has 1 aromatic heterocycles. The molecular weight excluding hydrogens is 236 g/mol. The highest BCUT2D eigenvalue weighted by molar-refractivity contribution is 5.17. The average Bonchev–Trinajstić information content (AvgIpc) is 2.47. The predicted octanol–water partition coefficient (Wildman–Crippen LogP) is 3.08. The molecule has 0 fully saturated rings. The Morgan fingerprint density at radius 3 is 2.58 bits per heavy atom. The van der Waals surface area contributed by atoms with Crippen molar-refractivity contribution < 1.29 is 4.74 Å². The smallest absolute Gasteiger partial charge is 0.0896 e. The van der Waals surface area contributed by atoms with Crippen LogP contribution in [-0.4, -0.2) is 12.0 Å². The third kappa shape index (κ3) is 4.16. The molecule has 3 heteroatoms. The molecular formula is C16H20N2O. The van der Waals surface area contributed by atoms with Gasteiger partial charge < -0.3 is 10.1 Å². The van der Waals surface area contributed by atoms with E-state index in [1.165, 1.54) is 11.1 Å². The summed E-state index contributed by atoms with van der Waals surface area (Å²) in [6.07, 6.45) is 1.97. The SMILES string of the molecule is CNCc1ccc(COC(C)c2ccccc2)nc1. The lowest BCUT2D eigenvalue weighted by molar-refractivity contribution is 0.0505. The number of rotatable bonds is 6. The quantitative estimate of drug-likeness (QED) is 0.862. The third-order valence-corrected chi connectivity index (χ3v) is 3.02. The maximum Gasteiger partial charge on any atom is 0.0896 e. The van der Waals surface area contributed by atoms with E-state index in [0.29, 0.717) is 6.61 Å². The van der Waals surface area contributed by atoms with Gasteiger partial charge in [-0.25, -0.2) is 0 Å². The number of hydrogen-bond acceptors (Lipinski definition) is 3. The van der Waals surface area contributed by atoms with E-state index in [4.69, 9.17) is 4.74 Å². The highest BCUT2D eigenvalue weighted by Gasteiger charge is 2.05. The van der Waals surface area contributed by atoms with Crippen LogP contribution in [0.2, 0.25) is 0 Å². The van der Waals surface area contributed by atoms with Gasteiger partial charge in [0.05, 0.1) is 18.4 Å². The Balaban J connectivity index is 1.88. The molecule has 0 spiro atoms. The summed E-state index contributed by atoms with van der Waals surface area (Å²) in [5.41, 5.74) is 3.33. The maximum absolute atomic E-state index is 5.84. The van der Waals surface area contributed by atoms with Crippen LogP contribution in [-0.2, 0) is 17.9 Å². The molecule has 0 radical (unpaired) electrons. The van der Waals surface area contributed by atoms with Gasteiger partial charge in [0.25, 0.3) is 0 Å². The van der Waals surface area contributed by atoms with Crippen LogP contribution in [0.25, 0.3) is 0 Å². The second kappa shape index (κ2) is 7.02. The van der Waals surface area contributed by atoms with E-state index < -0.39 is 0 Å². The molecule has 2 aromatic rings. The van der Waals surface area contributed by atoms with Crippen molar-refractivity contribution in [2.45, 2.75) is 26.2 Å². The molecule has 1 unspecified atom stereocenters. The molecule has 0 aliphatic heterocycles. The molecule has 0 aliphatic carbocycles. The van der Waals surface area contributed by atoms with Crippen molar-refractivity contribution in [1.82, 2.24) is 10.3 Å². The zero-order valence-electron chi connectivity index (χ0n) is 11.5. The molecule has 1 N–H and O–H groups in total. The Hall–Kier alpha value is -1.71. The first-order chi connectivity index (χ1) is 9.29. The zero-order valence-corrected chi connectivity index (χ0v) is 11.5. The van der Waals surface area contributed by atoms with Crippen molar-refractivity contribution in [2.24, 2.45) is 0 Å².